The van der Waals surface area contributed by atoms with Gasteiger partial charge < -0.3 is 10.2 Å². The number of nitrogens with zero attached hydrogens (tertiary/aromatic N) is 1. The van der Waals surface area contributed by atoms with Gasteiger partial charge in [-0.2, -0.15) is 13.2 Å². The molecule has 150 valence electrons. The molecule has 27 heavy (non-hydrogen) atoms. The van der Waals surface area contributed by atoms with E-state index in [4.69, 9.17) is 0 Å². The summed E-state index contributed by atoms with van der Waals surface area (Å²) in [4.78, 5) is 26.6. The predicted octanol–water partition coefficient (Wildman–Crippen LogP) is 4.17. The first kappa shape index (κ1) is 21.3. The smallest absolute Gasteiger partial charge is 0.349 e. The molecule has 1 aliphatic heterocycles. The molecule has 4 nitrogen and oxygen atoms in total. The molecule has 1 aliphatic rings. The van der Waals surface area contributed by atoms with Crippen LogP contribution in [0.2, 0.25) is 0 Å². The summed E-state index contributed by atoms with van der Waals surface area (Å²) in [7, 11) is 0. The van der Waals surface area contributed by atoms with Crippen molar-refractivity contribution in [1.29, 1.82) is 0 Å². The molecule has 1 N–H and O–H groups in total. The van der Waals surface area contributed by atoms with Crippen LogP contribution in [0.3, 0.4) is 0 Å². The van der Waals surface area contributed by atoms with Crippen molar-refractivity contribution in [2.75, 3.05) is 13.1 Å². The van der Waals surface area contributed by atoms with Crippen LogP contribution < -0.4 is 5.32 Å². The number of amides is 2. The summed E-state index contributed by atoms with van der Waals surface area (Å²) in [6.07, 6.45) is -3.29. The molecule has 1 aromatic rings. The number of nitrogens with one attached hydrogen (secondary N) is 1. The van der Waals surface area contributed by atoms with Crippen LogP contribution in [0.5, 0.6) is 0 Å². The van der Waals surface area contributed by atoms with Crippen molar-refractivity contribution < 1.29 is 22.8 Å². The average Bonchev–Trinajstić information content (AvgIpc) is 2.59. The summed E-state index contributed by atoms with van der Waals surface area (Å²) in [5, 5.41) is 2.81. The lowest BCUT2D eigenvalue weighted by Gasteiger charge is -2.35. The van der Waals surface area contributed by atoms with Crippen molar-refractivity contribution in [3.63, 3.8) is 0 Å². The highest BCUT2D eigenvalue weighted by Gasteiger charge is 2.33. The van der Waals surface area contributed by atoms with Gasteiger partial charge >= 0.3 is 6.18 Å². The van der Waals surface area contributed by atoms with E-state index in [2.05, 4.69) is 5.32 Å². The van der Waals surface area contributed by atoms with E-state index in [0.717, 1.165) is 12.1 Å². The lowest BCUT2D eigenvalue weighted by Crippen LogP contribution is -2.46. The Kier molecular flexibility index (Phi) is 6.22. The SMILES string of the molecule is CC(NC(=O)C1CCN(C(=O)C(C)(C)C)CC1)c1cccc(C(F)(F)F)c1. The first-order valence-electron chi connectivity index (χ1n) is 9.16. The summed E-state index contributed by atoms with van der Waals surface area (Å²) in [6, 6.07) is 4.48. The summed E-state index contributed by atoms with van der Waals surface area (Å²) < 4.78 is 38.6. The molecule has 0 radical (unpaired) electrons. The molecule has 1 aromatic carbocycles. The molecule has 2 rings (SSSR count). The van der Waals surface area contributed by atoms with E-state index in [1.807, 2.05) is 20.8 Å². The van der Waals surface area contributed by atoms with Gasteiger partial charge in [0.25, 0.3) is 0 Å². The van der Waals surface area contributed by atoms with Crippen molar-refractivity contribution in [3.05, 3.63) is 35.4 Å². The van der Waals surface area contributed by atoms with Gasteiger partial charge in [0.15, 0.2) is 0 Å². The monoisotopic (exact) mass is 384 g/mol. The number of hydrogen-bond donors (Lipinski definition) is 1. The van der Waals surface area contributed by atoms with E-state index < -0.39 is 23.2 Å². The third-order valence-corrected chi connectivity index (χ3v) is 4.87. The second-order valence-corrected chi connectivity index (χ2v) is 8.17. The normalized spacial score (nSPS) is 17.5. The minimum absolute atomic E-state index is 0.0682. The summed E-state index contributed by atoms with van der Waals surface area (Å²) in [5.41, 5.74) is -0.763. The van der Waals surface area contributed by atoms with Gasteiger partial charge in [0.2, 0.25) is 11.8 Å². The number of hydrogen-bond acceptors (Lipinski definition) is 2. The number of carbonyl (C=O) groups excluding carboxylic acids is 2. The van der Waals surface area contributed by atoms with Crippen molar-refractivity contribution in [3.8, 4) is 0 Å². The highest BCUT2D eigenvalue weighted by atomic mass is 19.4. The van der Waals surface area contributed by atoms with E-state index in [9.17, 15) is 22.8 Å². The number of likely N-dealkylation sites (tertiary alicyclic amines) is 1. The zero-order chi connectivity index (χ0) is 20.4. The van der Waals surface area contributed by atoms with Crippen LogP contribution in [0.25, 0.3) is 0 Å². The molecule has 1 unspecified atom stereocenters. The number of alkyl halides is 3. The number of rotatable bonds is 3. The second-order valence-electron chi connectivity index (χ2n) is 8.17. The van der Waals surface area contributed by atoms with Crippen molar-refractivity contribution in [1.82, 2.24) is 10.2 Å². The molecule has 0 spiro atoms. The van der Waals surface area contributed by atoms with Crippen LogP contribution in [0.15, 0.2) is 24.3 Å². The number of piperidine rings is 1. The first-order valence-corrected chi connectivity index (χ1v) is 9.16. The fourth-order valence-electron chi connectivity index (χ4n) is 3.22. The Morgan fingerprint density at radius 2 is 1.74 bits per heavy atom. The molecular weight excluding hydrogens is 357 g/mol. The van der Waals surface area contributed by atoms with Crippen LogP contribution >= 0.6 is 0 Å². The number of carbonyl (C=O) groups is 2. The van der Waals surface area contributed by atoms with E-state index in [1.54, 1.807) is 17.9 Å². The molecule has 1 atom stereocenters. The Morgan fingerprint density at radius 1 is 1.15 bits per heavy atom. The predicted molar refractivity (Wildman–Crippen MR) is 96.8 cm³/mol. The van der Waals surface area contributed by atoms with Crippen molar-refractivity contribution in [2.24, 2.45) is 11.3 Å². The molecule has 1 saturated heterocycles. The van der Waals surface area contributed by atoms with Crippen LogP contribution in [-0.2, 0) is 15.8 Å². The molecule has 0 saturated carbocycles. The molecule has 2 amide bonds. The third kappa shape index (κ3) is 5.47. The van der Waals surface area contributed by atoms with Gasteiger partial charge in [0, 0.05) is 24.4 Å². The van der Waals surface area contributed by atoms with Crippen molar-refractivity contribution in [2.45, 2.75) is 52.8 Å². The highest BCUT2D eigenvalue weighted by molar-refractivity contribution is 5.82. The Hall–Kier alpha value is -2.05. The first-order chi connectivity index (χ1) is 12.4. The van der Waals surface area contributed by atoms with E-state index in [1.165, 1.54) is 6.07 Å². The lowest BCUT2D eigenvalue weighted by molar-refractivity contribution is -0.142. The lowest BCUT2D eigenvalue weighted by atomic mass is 9.90. The Bertz CT molecular complexity index is 687. The summed E-state index contributed by atoms with van der Waals surface area (Å²) in [6.45, 7) is 8.31. The van der Waals surface area contributed by atoms with Gasteiger partial charge in [-0.1, -0.05) is 32.9 Å². The maximum Gasteiger partial charge on any atom is 0.416 e. The maximum atomic E-state index is 12.9. The van der Waals surface area contributed by atoms with Gasteiger partial charge in [0.05, 0.1) is 11.6 Å². The Labute approximate surface area is 158 Å². The van der Waals surface area contributed by atoms with Gasteiger partial charge in [-0.15, -0.1) is 0 Å². The molecule has 0 aliphatic carbocycles. The van der Waals surface area contributed by atoms with Gasteiger partial charge in [0.1, 0.15) is 0 Å². The van der Waals surface area contributed by atoms with Crippen LogP contribution in [0.1, 0.15) is 57.7 Å². The molecule has 0 bridgehead atoms. The highest BCUT2D eigenvalue weighted by Crippen LogP contribution is 2.31. The zero-order valence-corrected chi connectivity index (χ0v) is 16.2. The fraction of sp³-hybridized carbons (Fsp3) is 0.600. The molecule has 0 aromatic heterocycles. The number of benzene rings is 1. The third-order valence-electron chi connectivity index (χ3n) is 4.87. The quantitative estimate of drug-likeness (QED) is 0.850. The standard InChI is InChI=1S/C20H27F3N2O2/c1-13(15-6-5-7-16(12-15)20(21,22)23)24-17(26)14-8-10-25(11-9-14)18(27)19(2,3)4/h5-7,12-14H,8-11H2,1-4H3,(H,24,26). The van der Waals surface area contributed by atoms with Gasteiger partial charge in [-0.25, -0.2) is 0 Å². The zero-order valence-electron chi connectivity index (χ0n) is 16.2. The topological polar surface area (TPSA) is 49.4 Å². The molecule has 7 heteroatoms. The van der Waals surface area contributed by atoms with Gasteiger partial charge in [-0.05, 0) is 37.5 Å². The maximum absolute atomic E-state index is 12.9. The Morgan fingerprint density at radius 3 is 2.26 bits per heavy atom. The fourth-order valence-corrected chi connectivity index (χ4v) is 3.22. The summed E-state index contributed by atoms with van der Waals surface area (Å²) >= 11 is 0. The van der Waals surface area contributed by atoms with E-state index >= 15 is 0 Å². The molecule has 1 heterocycles. The number of halogens is 3. The minimum Gasteiger partial charge on any atom is -0.349 e. The van der Waals surface area contributed by atoms with Crippen LogP contribution in [-0.4, -0.2) is 29.8 Å². The van der Waals surface area contributed by atoms with Crippen LogP contribution in [0, 0.1) is 11.3 Å². The molecule has 1 fully saturated rings. The van der Waals surface area contributed by atoms with Crippen molar-refractivity contribution >= 4 is 11.8 Å². The molecular formula is C20H27F3N2O2. The average molecular weight is 384 g/mol. The van der Waals surface area contributed by atoms with E-state index in [-0.39, 0.29) is 17.7 Å². The van der Waals surface area contributed by atoms with Gasteiger partial charge in [-0.3, -0.25) is 9.59 Å². The minimum atomic E-state index is -4.41. The van der Waals surface area contributed by atoms with E-state index in [0.29, 0.717) is 31.5 Å². The Balaban J connectivity index is 1.94. The summed E-state index contributed by atoms with van der Waals surface area (Å²) in [5.74, 6) is -0.344. The van der Waals surface area contributed by atoms with Crippen LogP contribution in [0.4, 0.5) is 13.2 Å². The second kappa shape index (κ2) is 7.90. The largest absolute Gasteiger partial charge is 0.416 e.